The molecule has 0 heterocycles. The highest BCUT2D eigenvalue weighted by Gasteiger charge is 2.17. The summed E-state index contributed by atoms with van der Waals surface area (Å²) in [6, 6.07) is 15.4. The van der Waals surface area contributed by atoms with Crippen LogP contribution in [0, 0.1) is 0 Å². The maximum Gasteiger partial charge on any atom is 0.322 e. The van der Waals surface area contributed by atoms with E-state index >= 15 is 0 Å². The van der Waals surface area contributed by atoms with Gasteiger partial charge >= 0.3 is 6.03 Å². The first-order chi connectivity index (χ1) is 11.1. The van der Waals surface area contributed by atoms with Crippen LogP contribution in [-0.4, -0.2) is 28.6 Å². The molecule has 3 amide bonds. The van der Waals surface area contributed by atoms with Crippen LogP contribution in [0.25, 0.3) is 0 Å². The van der Waals surface area contributed by atoms with Gasteiger partial charge in [0.05, 0.1) is 0 Å². The molecule has 6 nitrogen and oxygen atoms in total. The average Bonchev–Trinajstić information content (AvgIpc) is 2.57. The van der Waals surface area contributed by atoms with Gasteiger partial charge in [-0.15, -0.1) is 0 Å². The smallest absolute Gasteiger partial charge is 0.311 e. The first-order valence-corrected chi connectivity index (χ1v) is 7.24. The molecule has 2 aromatic carbocycles. The maximum absolute atomic E-state index is 12.4. The van der Waals surface area contributed by atoms with E-state index in [4.69, 9.17) is 16.8 Å². The van der Waals surface area contributed by atoms with Crippen molar-refractivity contribution < 1.29 is 14.8 Å². The number of carbonyl (C=O) groups excluding carboxylic acids is 2. The molecular weight excluding hydrogens is 318 g/mol. The monoisotopic (exact) mass is 333 g/mol. The minimum Gasteiger partial charge on any atom is -0.311 e. The Hall–Kier alpha value is -2.57. The Morgan fingerprint density at radius 2 is 1.70 bits per heavy atom. The predicted molar refractivity (Wildman–Crippen MR) is 87.3 cm³/mol. The largest absolute Gasteiger partial charge is 0.322 e. The van der Waals surface area contributed by atoms with Crippen LogP contribution >= 0.6 is 11.6 Å². The number of hydroxylamine groups is 1. The summed E-state index contributed by atoms with van der Waals surface area (Å²) in [6.45, 7) is -0.0432. The molecule has 2 rings (SSSR count). The molecule has 0 spiro atoms. The van der Waals surface area contributed by atoms with Crippen molar-refractivity contribution in [2.45, 2.75) is 6.54 Å². The van der Waals surface area contributed by atoms with Gasteiger partial charge in [-0.2, -0.15) is 0 Å². The average molecular weight is 334 g/mol. The number of carbonyl (C=O) groups is 2. The third-order valence-electron chi connectivity index (χ3n) is 3.06. The normalized spacial score (nSPS) is 10.0. The first-order valence-electron chi connectivity index (χ1n) is 6.87. The number of hydrogen-bond acceptors (Lipinski definition) is 3. The quantitative estimate of drug-likeness (QED) is 0.581. The Kier molecular flexibility index (Phi) is 5.96. The molecular formula is C16H16ClN3O3. The molecule has 0 fully saturated rings. The van der Waals surface area contributed by atoms with E-state index in [0.29, 0.717) is 10.7 Å². The van der Waals surface area contributed by atoms with Crippen LogP contribution < -0.4 is 10.8 Å². The van der Waals surface area contributed by atoms with E-state index in [1.807, 2.05) is 30.3 Å². The lowest BCUT2D eigenvalue weighted by atomic mass is 10.2. The first kappa shape index (κ1) is 16.8. The molecule has 0 unspecified atom stereocenters. The van der Waals surface area contributed by atoms with Gasteiger partial charge in [0.2, 0.25) is 0 Å². The number of amides is 3. The Balaban J connectivity index is 2.10. The lowest BCUT2D eigenvalue weighted by Crippen LogP contribution is -2.41. The number of nitrogens with zero attached hydrogens (tertiary/aromatic N) is 1. The Bertz CT molecular complexity index is 662. The topological polar surface area (TPSA) is 81.7 Å². The van der Waals surface area contributed by atoms with Crippen molar-refractivity contribution >= 4 is 29.2 Å². The van der Waals surface area contributed by atoms with Crippen LogP contribution in [0.3, 0.4) is 0 Å². The van der Waals surface area contributed by atoms with E-state index in [-0.39, 0.29) is 13.1 Å². The Morgan fingerprint density at radius 1 is 1.04 bits per heavy atom. The Morgan fingerprint density at radius 3 is 2.30 bits per heavy atom. The van der Waals surface area contributed by atoms with E-state index in [2.05, 4.69) is 5.32 Å². The molecule has 0 bridgehead atoms. The number of benzene rings is 2. The van der Waals surface area contributed by atoms with Gasteiger partial charge in [0.1, 0.15) is 6.54 Å². The van der Waals surface area contributed by atoms with Crippen LogP contribution in [0.15, 0.2) is 54.6 Å². The van der Waals surface area contributed by atoms with E-state index in [0.717, 1.165) is 5.56 Å². The number of anilines is 1. The summed E-state index contributed by atoms with van der Waals surface area (Å²) in [5.74, 6) is -0.674. The molecule has 0 saturated carbocycles. The predicted octanol–water partition coefficient (Wildman–Crippen LogP) is 2.88. The van der Waals surface area contributed by atoms with Crippen molar-refractivity contribution in [3.05, 3.63) is 65.2 Å². The number of rotatable bonds is 5. The highest BCUT2D eigenvalue weighted by molar-refractivity contribution is 6.30. The zero-order valence-electron chi connectivity index (χ0n) is 12.2. The third-order valence-corrected chi connectivity index (χ3v) is 3.31. The van der Waals surface area contributed by atoms with E-state index < -0.39 is 11.9 Å². The van der Waals surface area contributed by atoms with Crippen molar-refractivity contribution in [3.63, 3.8) is 0 Å². The van der Waals surface area contributed by atoms with Crippen molar-refractivity contribution in [1.82, 2.24) is 10.4 Å². The molecule has 120 valence electrons. The minimum atomic E-state index is -0.674. The van der Waals surface area contributed by atoms with Gasteiger partial charge in [0, 0.05) is 17.3 Å². The van der Waals surface area contributed by atoms with Crippen LogP contribution in [0.2, 0.25) is 5.02 Å². The summed E-state index contributed by atoms with van der Waals surface area (Å²) in [4.78, 5) is 25.1. The molecule has 0 saturated heterocycles. The maximum atomic E-state index is 12.4. The molecule has 3 N–H and O–H groups in total. The minimum absolute atomic E-state index is 0.230. The number of urea groups is 1. The number of nitrogens with one attached hydrogen (secondary N) is 2. The van der Waals surface area contributed by atoms with Crippen molar-refractivity contribution in [2.24, 2.45) is 0 Å². The zero-order valence-corrected chi connectivity index (χ0v) is 13.0. The highest BCUT2D eigenvalue weighted by Crippen LogP contribution is 2.14. The molecule has 0 atom stereocenters. The number of hydrogen-bond donors (Lipinski definition) is 3. The summed E-state index contributed by atoms with van der Waals surface area (Å²) >= 11 is 5.80. The Labute approximate surface area is 138 Å². The van der Waals surface area contributed by atoms with Crippen LogP contribution in [0.1, 0.15) is 5.56 Å². The van der Waals surface area contributed by atoms with Gasteiger partial charge in [-0.3, -0.25) is 10.0 Å². The zero-order chi connectivity index (χ0) is 16.7. The second-order valence-corrected chi connectivity index (χ2v) is 5.25. The van der Waals surface area contributed by atoms with Gasteiger partial charge in [-0.1, -0.05) is 41.9 Å². The fourth-order valence-electron chi connectivity index (χ4n) is 1.95. The van der Waals surface area contributed by atoms with Crippen molar-refractivity contribution in [1.29, 1.82) is 0 Å². The molecule has 0 radical (unpaired) electrons. The van der Waals surface area contributed by atoms with Gasteiger partial charge in [-0.05, 0) is 29.8 Å². The lowest BCUT2D eigenvalue weighted by Gasteiger charge is -2.22. The molecule has 0 aliphatic carbocycles. The molecule has 23 heavy (non-hydrogen) atoms. The SMILES string of the molecule is O=C(CN(Cc1ccccc1)C(=O)Nc1ccc(Cl)cc1)NO. The number of halogens is 1. The second kappa shape index (κ2) is 8.17. The van der Waals surface area contributed by atoms with Gasteiger partial charge in [0.15, 0.2) is 0 Å². The molecule has 0 aromatic heterocycles. The summed E-state index contributed by atoms with van der Waals surface area (Å²) in [7, 11) is 0. The van der Waals surface area contributed by atoms with E-state index in [1.54, 1.807) is 24.3 Å². The molecule has 0 aliphatic heterocycles. The van der Waals surface area contributed by atoms with Crippen LogP contribution in [0.4, 0.5) is 10.5 Å². The van der Waals surface area contributed by atoms with Gasteiger partial charge in [-0.25, -0.2) is 10.3 Å². The third kappa shape index (κ3) is 5.28. The van der Waals surface area contributed by atoms with Crippen molar-refractivity contribution in [2.75, 3.05) is 11.9 Å². The standard InChI is InChI=1S/C16H16ClN3O3/c17-13-6-8-14(9-7-13)18-16(22)20(11-15(21)19-23)10-12-4-2-1-3-5-12/h1-9,23H,10-11H2,(H,18,22)(H,19,21). The molecule has 7 heteroatoms. The second-order valence-electron chi connectivity index (χ2n) is 4.81. The van der Waals surface area contributed by atoms with Gasteiger partial charge < -0.3 is 10.2 Å². The van der Waals surface area contributed by atoms with E-state index in [9.17, 15) is 9.59 Å². The van der Waals surface area contributed by atoms with Crippen LogP contribution in [-0.2, 0) is 11.3 Å². The van der Waals surface area contributed by atoms with E-state index in [1.165, 1.54) is 10.4 Å². The fourth-order valence-corrected chi connectivity index (χ4v) is 2.07. The summed E-state index contributed by atoms with van der Waals surface area (Å²) in [5.41, 5.74) is 2.95. The summed E-state index contributed by atoms with van der Waals surface area (Å²) in [6.07, 6.45) is 0. The fraction of sp³-hybridized carbons (Fsp3) is 0.125. The van der Waals surface area contributed by atoms with Crippen LogP contribution in [0.5, 0.6) is 0 Å². The highest BCUT2D eigenvalue weighted by atomic mass is 35.5. The molecule has 2 aromatic rings. The summed E-state index contributed by atoms with van der Waals surface area (Å²) in [5, 5.41) is 11.9. The summed E-state index contributed by atoms with van der Waals surface area (Å²) < 4.78 is 0. The molecule has 0 aliphatic rings. The van der Waals surface area contributed by atoms with Crippen molar-refractivity contribution in [3.8, 4) is 0 Å². The van der Waals surface area contributed by atoms with Gasteiger partial charge in [0.25, 0.3) is 5.91 Å². The lowest BCUT2D eigenvalue weighted by molar-refractivity contribution is -0.129.